The van der Waals surface area contributed by atoms with Crippen LogP contribution in [0, 0.1) is 17.8 Å². The van der Waals surface area contributed by atoms with Gasteiger partial charge in [0, 0.05) is 41.9 Å². The third kappa shape index (κ3) is 10.0. The van der Waals surface area contributed by atoms with E-state index < -0.39 is 48.1 Å². The normalized spacial score (nSPS) is 21.3. The summed E-state index contributed by atoms with van der Waals surface area (Å²) in [6.07, 6.45) is 2.41. The molecule has 4 aromatic carbocycles. The number of ether oxygens (including phenoxy) is 4. The molecule has 4 heterocycles. The summed E-state index contributed by atoms with van der Waals surface area (Å²) in [7, 11) is 0. The highest BCUT2D eigenvalue weighted by Gasteiger charge is 2.53. The topological polar surface area (TPSA) is 142 Å². The van der Waals surface area contributed by atoms with E-state index in [9.17, 15) is 24.6 Å². The van der Waals surface area contributed by atoms with Crippen molar-refractivity contribution in [3.63, 3.8) is 0 Å². The maximum Gasteiger partial charge on any atom is 0.339 e. The summed E-state index contributed by atoms with van der Waals surface area (Å²) in [5.74, 6) is 5.34. The van der Waals surface area contributed by atoms with Crippen LogP contribution in [-0.2, 0) is 55.9 Å². The Bertz CT molecular complexity index is 2660. The zero-order valence-corrected chi connectivity index (χ0v) is 36.8. The van der Waals surface area contributed by atoms with Crippen molar-refractivity contribution in [1.82, 2.24) is 0 Å². The van der Waals surface area contributed by atoms with Crippen LogP contribution in [0.2, 0.25) is 0 Å². The van der Waals surface area contributed by atoms with Gasteiger partial charge in [0.25, 0.3) is 0 Å². The van der Waals surface area contributed by atoms with Crippen molar-refractivity contribution < 1.29 is 43.2 Å². The van der Waals surface area contributed by atoms with E-state index in [0.717, 1.165) is 35.1 Å². The molecule has 0 radical (unpaired) electrons. The molecule has 0 spiro atoms. The first-order valence-corrected chi connectivity index (χ1v) is 22.4. The second-order valence-electron chi connectivity index (χ2n) is 17.8. The number of aliphatic hydroxyl groups is 2. The molecule has 3 aliphatic rings. The first kappa shape index (κ1) is 44.6. The molecule has 0 amide bonds. The number of hydrogen-bond donors (Lipinski definition) is 2. The molecule has 2 N–H and O–H groups in total. The summed E-state index contributed by atoms with van der Waals surface area (Å²) < 4.78 is 31.3. The minimum absolute atomic E-state index is 0.0164. The fourth-order valence-electron chi connectivity index (χ4n) is 9.47. The van der Waals surface area contributed by atoms with Gasteiger partial charge < -0.3 is 33.6 Å². The van der Waals surface area contributed by atoms with Crippen LogP contribution in [0.25, 0.3) is 11.0 Å². The molecule has 1 aromatic heterocycles. The molecular weight excluding hydrogens is 809 g/mol. The molecule has 10 heteroatoms. The number of aliphatic hydroxyl groups excluding tert-OH is 2. The van der Waals surface area contributed by atoms with Crippen LogP contribution in [-0.4, -0.2) is 53.9 Å². The molecule has 5 aromatic rings. The van der Waals surface area contributed by atoms with Crippen LogP contribution in [0.15, 0.2) is 111 Å². The van der Waals surface area contributed by atoms with Gasteiger partial charge in [-0.25, -0.2) is 9.59 Å². The molecule has 0 unspecified atom stereocenters. The lowest BCUT2D eigenvalue weighted by Gasteiger charge is -2.44. The molecule has 0 aliphatic carbocycles. The van der Waals surface area contributed by atoms with Gasteiger partial charge in [0.2, 0.25) is 0 Å². The number of hydrogen-bond acceptors (Lipinski definition) is 10. The quantitative estimate of drug-likeness (QED) is 0.0436. The van der Waals surface area contributed by atoms with Gasteiger partial charge in [-0.1, -0.05) is 90.2 Å². The number of rotatable bonds is 11. The first-order valence-electron chi connectivity index (χ1n) is 22.4. The van der Waals surface area contributed by atoms with Crippen LogP contribution in [0.5, 0.6) is 5.75 Å². The second kappa shape index (κ2) is 19.8. The van der Waals surface area contributed by atoms with Crippen molar-refractivity contribution in [2.45, 2.75) is 109 Å². The summed E-state index contributed by atoms with van der Waals surface area (Å²) in [6.45, 7) is 4.80. The van der Waals surface area contributed by atoms with E-state index in [1.165, 1.54) is 16.7 Å². The molecular formula is C54H56O10. The molecule has 3 aliphatic heterocycles. The molecule has 64 heavy (non-hydrogen) atoms. The van der Waals surface area contributed by atoms with Gasteiger partial charge in [-0.15, -0.1) is 0 Å². The van der Waals surface area contributed by atoms with Crippen molar-refractivity contribution in [2.24, 2.45) is 5.92 Å². The van der Waals surface area contributed by atoms with Gasteiger partial charge in [-0.3, -0.25) is 4.79 Å². The summed E-state index contributed by atoms with van der Waals surface area (Å²) >= 11 is 0. The van der Waals surface area contributed by atoms with E-state index >= 15 is 0 Å². The summed E-state index contributed by atoms with van der Waals surface area (Å²) in [4.78, 5) is 43.1. The van der Waals surface area contributed by atoms with Crippen molar-refractivity contribution in [3.05, 3.63) is 157 Å². The number of benzene rings is 4. The van der Waals surface area contributed by atoms with Gasteiger partial charge in [-0.05, 0) is 123 Å². The van der Waals surface area contributed by atoms with Crippen molar-refractivity contribution in [2.75, 3.05) is 20.0 Å². The molecule has 0 saturated heterocycles. The van der Waals surface area contributed by atoms with E-state index in [0.29, 0.717) is 48.8 Å². The highest BCUT2D eigenvalue weighted by Crippen LogP contribution is 2.48. The highest BCUT2D eigenvalue weighted by atomic mass is 16.6. The van der Waals surface area contributed by atoms with E-state index in [4.69, 9.17) is 23.4 Å². The van der Waals surface area contributed by atoms with Gasteiger partial charge >= 0.3 is 17.6 Å². The SMILES string of the molecule is CC(C)=C1CCc2ccc3c(c2)CC#CC[C@@]2(C)Oc4ccc5cc([C@H](CCO)COCO)c(=O)oc5c4[C@@H](OC(=O)C[C@@H](CCc4cccc(Cc5ccccc5)c4)C3)[C@@H]2OC1=O. The Labute approximate surface area is 374 Å². The Hall–Kier alpha value is -5.99. The lowest BCUT2D eigenvalue weighted by Crippen LogP contribution is -2.54. The predicted molar refractivity (Wildman–Crippen MR) is 243 cm³/mol. The lowest BCUT2D eigenvalue weighted by atomic mass is 9.82. The van der Waals surface area contributed by atoms with Crippen LogP contribution in [0.4, 0.5) is 0 Å². The largest absolute Gasteiger partial charge is 0.482 e. The molecule has 0 fully saturated rings. The average molecular weight is 865 g/mol. The summed E-state index contributed by atoms with van der Waals surface area (Å²) in [5, 5.41) is 19.7. The summed E-state index contributed by atoms with van der Waals surface area (Å²) in [6, 6.07) is 30.7. The molecule has 5 atom stereocenters. The van der Waals surface area contributed by atoms with Crippen LogP contribution >= 0.6 is 0 Å². The van der Waals surface area contributed by atoms with Gasteiger partial charge in [0.1, 0.15) is 18.1 Å². The molecule has 5 bridgehead atoms. The number of carbonyl (C=O) groups excluding carboxylic acids is 2. The van der Waals surface area contributed by atoms with Gasteiger partial charge in [-0.2, -0.15) is 0 Å². The fourth-order valence-corrected chi connectivity index (χ4v) is 9.47. The lowest BCUT2D eigenvalue weighted by molar-refractivity contribution is -0.190. The minimum atomic E-state index is -1.29. The van der Waals surface area contributed by atoms with Crippen LogP contribution < -0.4 is 10.4 Å². The Balaban J connectivity index is 1.23. The number of esters is 2. The fraction of sp³-hybridized carbons (Fsp3) is 0.389. The van der Waals surface area contributed by atoms with Crippen molar-refractivity contribution in [3.8, 4) is 17.6 Å². The van der Waals surface area contributed by atoms with Gasteiger partial charge in [0.15, 0.2) is 17.8 Å². The van der Waals surface area contributed by atoms with E-state index in [2.05, 4.69) is 78.6 Å². The Morgan fingerprint density at radius 2 is 1.67 bits per heavy atom. The Morgan fingerprint density at radius 1 is 0.859 bits per heavy atom. The maximum atomic E-state index is 14.7. The van der Waals surface area contributed by atoms with Gasteiger partial charge in [0.05, 0.1) is 18.6 Å². The molecule has 332 valence electrons. The number of allylic oxidation sites excluding steroid dienone is 1. The second-order valence-corrected chi connectivity index (χ2v) is 17.8. The first-order chi connectivity index (χ1) is 31.0. The average Bonchev–Trinajstić information content (AvgIpc) is 3.27. The van der Waals surface area contributed by atoms with Crippen LogP contribution in [0.3, 0.4) is 0 Å². The van der Waals surface area contributed by atoms with E-state index in [1.807, 2.05) is 26.8 Å². The van der Waals surface area contributed by atoms with Crippen molar-refractivity contribution >= 4 is 22.9 Å². The Kier molecular flexibility index (Phi) is 13.8. The Morgan fingerprint density at radius 3 is 2.47 bits per heavy atom. The molecule has 10 nitrogen and oxygen atoms in total. The van der Waals surface area contributed by atoms with Crippen LogP contribution in [0.1, 0.15) is 109 Å². The third-order valence-electron chi connectivity index (χ3n) is 12.9. The smallest absolute Gasteiger partial charge is 0.339 e. The molecule has 8 rings (SSSR count). The predicted octanol–water partition coefficient (Wildman–Crippen LogP) is 8.58. The standard InChI is InChI=1S/C54H56O10/c1-34(2)44-21-18-37-17-19-41-29-39(16-15-36-12-9-13-38(27-36)26-35-10-5-4-6-11-35)30-47(57)61-50-48-46(64-54(3,51(50)63-52(44)58)24-8-7-14-40(41)28-37)22-20-42-31-45(53(59)62-49(42)48)43(23-25-55)32-60-33-56/h4-6,9-13,17,19-20,22,27-28,31,39,43,50-51,55-56H,14-16,18,21,23-26,29-30,32-33H2,1-3H3/t39-,43+,50+,51-,54+/m0/s1. The number of fused-ring (bicyclic) bond motifs is 7. The summed E-state index contributed by atoms with van der Waals surface area (Å²) in [5.41, 5.74) is 6.96. The maximum absolute atomic E-state index is 14.7. The highest BCUT2D eigenvalue weighted by molar-refractivity contribution is 5.90. The van der Waals surface area contributed by atoms with E-state index in [-0.39, 0.29) is 55.1 Å². The number of carbonyl (C=O) groups is 2. The van der Waals surface area contributed by atoms with E-state index in [1.54, 1.807) is 18.2 Å². The monoisotopic (exact) mass is 864 g/mol. The minimum Gasteiger partial charge on any atom is -0.482 e. The zero-order chi connectivity index (χ0) is 44.8. The zero-order valence-electron chi connectivity index (χ0n) is 36.8. The van der Waals surface area contributed by atoms with Crippen molar-refractivity contribution in [1.29, 1.82) is 0 Å². The third-order valence-corrected chi connectivity index (χ3v) is 12.9. The number of aryl methyl sites for hydroxylation is 2. The molecule has 0 saturated carbocycles.